The van der Waals surface area contributed by atoms with Crippen molar-refractivity contribution >= 4 is 38.5 Å². The molecule has 0 aliphatic carbocycles. The van der Waals surface area contributed by atoms with Gasteiger partial charge in [0.1, 0.15) is 10.5 Å². The molecule has 0 aromatic carbocycles. The first-order valence-corrected chi connectivity index (χ1v) is 11.8. The summed E-state index contributed by atoms with van der Waals surface area (Å²) in [6.45, 7) is 5.42. The van der Waals surface area contributed by atoms with Crippen molar-refractivity contribution in [3.63, 3.8) is 0 Å². The molecule has 0 atom stereocenters. The number of nitrogens with one attached hydrogen (secondary N) is 1. The highest BCUT2D eigenvalue weighted by Gasteiger charge is 2.31. The third-order valence-electron chi connectivity index (χ3n) is 5.87. The van der Waals surface area contributed by atoms with E-state index >= 15 is 0 Å². The van der Waals surface area contributed by atoms with Crippen LogP contribution in [0.5, 0.6) is 0 Å². The average molecular weight is 468 g/mol. The molecular formula is C23H25N5O4S. The van der Waals surface area contributed by atoms with Gasteiger partial charge in [0.15, 0.2) is 0 Å². The standard InChI is InChI=1S/C23H25N5O4S/c1-13(2)12-27-22-18(20(29)26(3)23(27)31)17(21(30)28-8-5-9-32-28)16(33-22)10-14-11-25-19-15(14)6-4-7-24-19/h4,6-7,11,13H,5,8-10,12H2,1-3H3,(H,24,25). The lowest BCUT2D eigenvalue weighted by Gasteiger charge is -2.15. The summed E-state index contributed by atoms with van der Waals surface area (Å²) in [5.41, 5.74) is 1.23. The molecule has 5 heterocycles. The van der Waals surface area contributed by atoms with E-state index in [9.17, 15) is 14.4 Å². The van der Waals surface area contributed by atoms with Crippen molar-refractivity contribution in [2.75, 3.05) is 13.2 Å². The van der Waals surface area contributed by atoms with Crippen LogP contribution in [0.4, 0.5) is 0 Å². The molecule has 1 fully saturated rings. The summed E-state index contributed by atoms with van der Waals surface area (Å²) in [7, 11) is 1.46. The maximum absolute atomic E-state index is 13.6. The Morgan fingerprint density at radius 1 is 1.33 bits per heavy atom. The van der Waals surface area contributed by atoms with E-state index in [4.69, 9.17) is 4.84 Å². The van der Waals surface area contributed by atoms with E-state index < -0.39 is 5.56 Å². The van der Waals surface area contributed by atoms with Gasteiger partial charge in [0.05, 0.1) is 24.1 Å². The van der Waals surface area contributed by atoms with Gasteiger partial charge in [-0.1, -0.05) is 13.8 Å². The molecule has 0 spiro atoms. The third-order valence-corrected chi connectivity index (χ3v) is 7.09. The van der Waals surface area contributed by atoms with Crippen LogP contribution in [0.25, 0.3) is 21.3 Å². The summed E-state index contributed by atoms with van der Waals surface area (Å²) in [5, 5.41) is 2.58. The van der Waals surface area contributed by atoms with Crippen LogP contribution in [0, 0.1) is 5.92 Å². The molecule has 0 bridgehead atoms. The van der Waals surface area contributed by atoms with E-state index in [0.29, 0.717) is 36.5 Å². The van der Waals surface area contributed by atoms with Gasteiger partial charge in [-0.15, -0.1) is 11.3 Å². The molecule has 4 aromatic rings. The van der Waals surface area contributed by atoms with Gasteiger partial charge in [0.2, 0.25) is 0 Å². The van der Waals surface area contributed by atoms with Crippen molar-refractivity contribution in [2.24, 2.45) is 13.0 Å². The highest BCUT2D eigenvalue weighted by molar-refractivity contribution is 7.19. The number of aromatic nitrogens is 4. The molecule has 1 N–H and O–H groups in total. The van der Waals surface area contributed by atoms with Gasteiger partial charge in [-0.05, 0) is 30.0 Å². The Balaban J connectivity index is 1.77. The summed E-state index contributed by atoms with van der Waals surface area (Å²) >= 11 is 1.34. The molecule has 0 radical (unpaired) electrons. The Morgan fingerprint density at radius 3 is 2.88 bits per heavy atom. The van der Waals surface area contributed by atoms with Crippen LogP contribution in [0.3, 0.4) is 0 Å². The summed E-state index contributed by atoms with van der Waals surface area (Å²) in [6, 6.07) is 3.84. The van der Waals surface area contributed by atoms with Gasteiger partial charge in [0, 0.05) is 42.7 Å². The highest BCUT2D eigenvalue weighted by Crippen LogP contribution is 2.33. The number of hydroxylamine groups is 2. The van der Waals surface area contributed by atoms with Crippen molar-refractivity contribution in [3.05, 3.63) is 61.4 Å². The number of aromatic amines is 1. The summed E-state index contributed by atoms with van der Waals surface area (Å²) < 4.78 is 2.71. The zero-order chi connectivity index (χ0) is 23.3. The van der Waals surface area contributed by atoms with Crippen molar-refractivity contribution in [1.29, 1.82) is 0 Å². The number of fused-ring (bicyclic) bond motifs is 2. The fourth-order valence-electron chi connectivity index (χ4n) is 4.32. The van der Waals surface area contributed by atoms with E-state index in [1.807, 2.05) is 32.2 Å². The number of hydrogen-bond donors (Lipinski definition) is 1. The van der Waals surface area contributed by atoms with Crippen LogP contribution in [0.2, 0.25) is 0 Å². The minimum atomic E-state index is -0.458. The maximum Gasteiger partial charge on any atom is 0.331 e. The van der Waals surface area contributed by atoms with Crippen LogP contribution >= 0.6 is 11.3 Å². The molecule has 1 amide bonds. The molecule has 5 rings (SSSR count). The molecule has 1 aliphatic heterocycles. The molecule has 0 saturated carbocycles. The van der Waals surface area contributed by atoms with Gasteiger partial charge in [0.25, 0.3) is 11.5 Å². The third kappa shape index (κ3) is 3.59. The van der Waals surface area contributed by atoms with E-state index in [2.05, 4.69) is 9.97 Å². The lowest BCUT2D eigenvalue weighted by Crippen LogP contribution is -2.39. The number of carbonyl (C=O) groups is 1. The molecule has 172 valence electrons. The van der Waals surface area contributed by atoms with Gasteiger partial charge in [-0.3, -0.25) is 23.6 Å². The van der Waals surface area contributed by atoms with Crippen LogP contribution in [-0.4, -0.2) is 43.2 Å². The Morgan fingerprint density at radius 2 is 2.15 bits per heavy atom. The number of hydrogen-bond acceptors (Lipinski definition) is 6. The number of rotatable bonds is 5. The van der Waals surface area contributed by atoms with Crippen molar-refractivity contribution in [3.8, 4) is 0 Å². The lowest BCUT2D eigenvalue weighted by molar-refractivity contribution is -0.0767. The predicted molar refractivity (Wildman–Crippen MR) is 127 cm³/mol. The number of H-pyrrole nitrogens is 1. The van der Waals surface area contributed by atoms with Gasteiger partial charge in [-0.25, -0.2) is 14.8 Å². The largest absolute Gasteiger partial charge is 0.346 e. The normalized spacial score (nSPS) is 14.2. The van der Waals surface area contributed by atoms with E-state index in [1.54, 1.807) is 10.8 Å². The second kappa shape index (κ2) is 8.27. The molecule has 0 unspecified atom stereocenters. The van der Waals surface area contributed by atoms with Crippen molar-refractivity contribution in [2.45, 2.75) is 33.2 Å². The van der Waals surface area contributed by atoms with Crippen molar-refractivity contribution < 1.29 is 9.63 Å². The first-order valence-electron chi connectivity index (χ1n) is 11.0. The monoisotopic (exact) mass is 467 g/mol. The Bertz CT molecular complexity index is 1490. The minimum absolute atomic E-state index is 0.190. The number of nitrogens with zero attached hydrogens (tertiary/aromatic N) is 4. The summed E-state index contributed by atoms with van der Waals surface area (Å²) in [6.07, 6.45) is 4.77. The van der Waals surface area contributed by atoms with E-state index in [0.717, 1.165) is 32.5 Å². The molecule has 10 heteroatoms. The fourth-order valence-corrected chi connectivity index (χ4v) is 5.62. The summed E-state index contributed by atoms with van der Waals surface area (Å²) in [4.78, 5) is 54.1. The van der Waals surface area contributed by atoms with Gasteiger partial charge in [-0.2, -0.15) is 0 Å². The Hall–Kier alpha value is -3.24. The minimum Gasteiger partial charge on any atom is -0.346 e. The smallest absolute Gasteiger partial charge is 0.331 e. The Labute approximate surface area is 193 Å². The fraction of sp³-hybridized carbons (Fsp3) is 0.391. The molecule has 9 nitrogen and oxygen atoms in total. The molecule has 1 aliphatic rings. The van der Waals surface area contributed by atoms with E-state index in [1.165, 1.54) is 23.4 Å². The van der Waals surface area contributed by atoms with Crippen LogP contribution in [-0.2, 0) is 24.9 Å². The van der Waals surface area contributed by atoms with Crippen LogP contribution in [0.1, 0.15) is 41.1 Å². The second-order valence-electron chi connectivity index (χ2n) is 8.72. The molecule has 1 saturated heterocycles. The van der Waals surface area contributed by atoms with Gasteiger partial charge >= 0.3 is 5.69 Å². The van der Waals surface area contributed by atoms with Gasteiger partial charge < -0.3 is 4.98 Å². The topological polar surface area (TPSA) is 102 Å². The Kier molecular flexibility index (Phi) is 5.41. The molecule has 33 heavy (non-hydrogen) atoms. The zero-order valence-electron chi connectivity index (χ0n) is 18.8. The molecular weight excluding hydrogens is 442 g/mol. The first kappa shape index (κ1) is 21.6. The van der Waals surface area contributed by atoms with E-state index in [-0.39, 0.29) is 22.9 Å². The zero-order valence-corrected chi connectivity index (χ0v) is 19.6. The summed E-state index contributed by atoms with van der Waals surface area (Å²) in [5.74, 6) is -0.145. The second-order valence-corrected chi connectivity index (χ2v) is 9.80. The number of carbonyl (C=O) groups excluding carboxylic acids is 1. The molecule has 4 aromatic heterocycles. The SMILES string of the molecule is CC(C)Cn1c(=O)n(C)c(=O)c2c(C(=O)N3CCCO3)c(Cc3c[nH]c4ncccc34)sc21. The van der Waals surface area contributed by atoms with Crippen LogP contribution in [0.15, 0.2) is 34.1 Å². The number of pyridine rings is 1. The van der Waals surface area contributed by atoms with Crippen LogP contribution < -0.4 is 11.2 Å². The quantitative estimate of drug-likeness (QED) is 0.486. The maximum atomic E-state index is 13.6. The number of thiophene rings is 1. The van der Waals surface area contributed by atoms with Crippen molar-refractivity contribution in [1.82, 2.24) is 24.2 Å². The number of amides is 1. The predicted octanol–water partition coefficient (Wildman–Crippen LogP) is 2.66. The lowest BCUT2D eigenvalue weighted by atomic mass is 10.1. The average Bonchev–Trinajstić information content (AvgIpc) is 3.54. The highest BCUT2D eigenvalue weighted by atomic mass is 32.1. The first-order chi connectivity index (χ1) is 15.9.